The molecule has 0 aromatic carbocycles. The molecule has 0 amide bonds. The Morgan fingerprint density at radius 2 is 2.17 bits per heavy atom. The van der Waals surface area contributed by atoms with Crippen molar-refractivity contribution in [1.29, 1.82) is 0 Å². The predicted molar refractivity (Wildman–Crippen MR) is 71.4 cm³/mol. The summed E-state index contributed by atoms with van der Waals surface area (Å²) in [5.41, 5.74) is 2.21. The first-order chi connectivity index (χ1) is 8.75. The third-order valence-electron chi connectivity index (χ3n) is 2.73. The van der Waals surface area contributed by atoms with E-state index in [-0.39, 0.29) is 5.56 Å². The number of aryl methyl sites for hydroxylation is 1. The normalized spacial score (nSPS) is 10.5. The smallest absolute Gasteiger partial charge is 0.250 e. The molecule has 1 N–H and O–H groups in total. The van der Waals surface area contributed by atoms with Crippen LogP contribution in [0.25, 0.3) is 0 Å². The van der Waals surface area contributed by atoms with Gasteiger partial charge in [-0.1, -0.05) is 12.1 Å². The fraction of sp³-hybridized carbons (Fsp3) is 0.286. The molecule has 4 nitrogen and oxygen atoms in total. The zero-order valence-corrected chi connectivity index (χ0v) is 10.5. The Morgan fingerprint density at radius 1 is 1.28 bits per heavy atom. The van der Waals surface area contributed by atoms with E-state index in [0.29, 0.717) is 6.54 Å². The fourth-order valence-corrected chi connectivity index (χ4v) is 1.68. The van der Waals surface area contributed by atoms with E-state index in [4.69, 9.17) is 0 Å². The Morgan fingerprint density at radius 3 is 2.89 bits per heavy atom. The highest BCUT2D eigenvalue weighted by molar-refractivity contribution is 5.12. The second kappa shape index (κ2) is 6.12. The minimum atomic E-state index is 0.0382. The van der Waals surface area contributed by atoms with Crippen molar-refractivity contribution in [3.05, 3.63) is 64.3 Å². The molecular formula is C14H17N3O. The number of hydrogen-bond donors (Lipinski definition) is 1. The van der Waals surface area contributed by atoms with Crippen LogP contribution < -0.4 is 10.9 Å². The van der Waals surface area contributed by atoms with E-state index in [2.05, 4.69) is 16.4 Å². The lowest BCUT2D eigenvalue weighted by Gasteiger charge is -2.07. The van der Waals surface area contributed by atoms with Crippen LogP contribution in [0.4, 0.5) is 0 Å². The van der Waals surface area contributed by atoms with E-state index < -0.39 is 0 Å². The first kappa shape index (κ1) is 12.5. The first-order valence-electron chi connectivity index (χ1n) is 6.03. The SMILES string of the molecule is Cc1ccc(CNCCn2ccccc2=O)cn1. The van der Waals surface area contributed by atoms with Crippen molar-refractivity contribution < 1.29 is 0 Å². The standard InChI is InChI=1S/C14H17N3O/c1-12-5-6-13(11-16-12)10-15-7-9-17-8-3-2-4-14(17)18/h2-6,8,11,15H,7,9-10H2,1H3. The first-order valence-corrected chi connectivity index (χ1v) is 6.03. The topological polar surface area (TPSA) is 46.9 Å². The van der Waals surface area contributed by atoms with Gasteiger partial charge in [0.1, 0.15) is 0 Å². The molecule has 0 unspecified atom stereocenters. The Labute approximate surface area is 106 Å². The summed E-state index contributed by atoms with van der Waals surface area (Å²) in [4.78, 5) is 15.7. The minimum Gasteiger partial charge on any atom is -0.314 e. The van der Waals surface area contributed by atoms with Gasteiger partial charge in [0.25, 0.3) is 5.56 Å². The Hall–Kier alpha value is -1.94. The van der Waals surface area contributed by atoms with Crippen LogP contribution >= 0.6 is 0 Å². The van der Waals surface area contributed by atoms with Crippen molar-refractivity contribution in [2.75, 3.05) is 6.54 Å². The molecule has 2 rings (SSSR count). The molecule has 0 aliphatic rings. The Kier molecular flexibility index (Phi) is 4.25. The van der Waals surface area contributed by atoms with Gasteiger partial charge < -0.3 is 9.88 Å². The van der Waals surface area contributed by atoms with Gasteiger partial charge in [0.05, 0.1) is 0 Å². The summed E-state index contributed by atoms with van der Waals surface area (Å²) in [5, 5.41) is 3.30. The average molecular weight is 243 g/mol. The summed E-state index contributed by atoms with van der Waals surface area (Å²) < 4.78 is 1.69. The monoisotopic (exact) mass is 243 g/mol. The van der Waals surface area contributed by atoms with Gasteiger partial charge in [-0.25, -0.2) is 0 Å². The molecule has 0 fully saturated rings. The van der Waals surface area contributed by atoms with Crippen molar-refractivity contribution in [2.45, 2.75) is 20.0 Å². The Bertz CT molecular complexity index is 545. The van der Waals surface area contributed by atoms with Crippen molar-refractivity contribution in [1.82, 2.24) is 14.9 Å². The second-order valence-electron chi connectivity index (χ2n) is 4.22. The van der Waals surface area contributed by atoms with Gasteiger partial charge in [-0.15, -0.1) is 0 Å². The average Bonchev–Trinajstić information content (AvgIpc) is 2.39. The van der Waals surface area contributed by atoms with Gasteiger partial charge in [-0.05, 0) is 24.6 Å². The molecule has 2 heterocycles. The molecule has 18 heavy (non-hydrogen) atoms. The zero-order chi connectivity index (χ0) is 12.8. The van der Waals surface area contributed by atoms with Crippen LogP contribution in [0.15, 0.2) is 47.5 Å². The molecule has 0 aliphatic heterocycles. The third-order valence-corrected chi connectivity index (χ3v) is 2.73. The number of nitrogens with zero attached hydrogens (tertiary/aromatic N) is 2. The number of aromatic nitrogens is 2. The van der Waals surface area contributed by atoms with Crippen LogP contribution in [0.1, 0.15) is 11.3 Å². The van der Waals surface area contributed by atoms with Gasteiger partial charge in [0.15, 0.2) is 0 Å². The van der Waals surface area contributed by atoms with E-state index in [0.717, 1.165) is 24.3 Å². The molecule has 0 spiro atoms. The summed E-state index contributed by atoms with van der Waals surface area (Å²) >= 11 is 0. The van der Waals surface area contributed by atoms with Crippen LogP contribution in [0, 0.1) is 6.92 Å². The van der Waals surface area contributed by atoms with Gasteiger partial charge in [-0.2, -0.15) is 0 Å². The zero-order valence-electron chi connectivity index (χ0n) is 10.5. The van der Waals surface area contributed by atoms with E-state index in [1.807, 2.05) is 25.3 Å². The molecule has 0 radical (unpaired) electrons. The molecule has 2 aromatic rings. The molecule has 2 aromatic heterocycles. The van der Waals surface area contributed by atoms with Gasteiger partial charge in [-0.3, -0.25) is 9.78 Å². The highest BCUT2D eigenvalue weighted by Crippen LogP contribution is 1.98. The predicted octanol–water partition coefficient (Wildman–Crippen LogP) is 1.34. The van der Waals surface area contributed by atoms with Crippen molar-refractivity contribution in [3.63, 3.8) is 0 Å². The largest absolute Gasteiger partial charge is 0.314 e. The maximum Gasteiger partial charge on any atom is 0.250 e. The fourth-order valence-electron chi connectivity index (χ4n) is 1.68. The highest BCUT2D eigenvalue weighted by Gasteiger charge is 1.95. The molecule has 0 bridgehead atoms. The van der Waals surface area contributed by atoms with Crippen molar-refractivity contribution in [3.8, 4) is 0 Å². The number of rotatable bonds is 5. The maximum atomic E-state index is 11.4. The molecule has 4 heteroatoms. The summed E-state index contributed by atoms with van der Waals surface area (Å²) in [7, 11) is 0. The number of pyridine rings is 2. The van der Waals surface area contributed by atoms with E-state index in [9.17, 15) is 4.79 Å². The minimum absolute atomic E-state index is 0.0382. The van der Waals surface area contributed by atoms with Crippen molar-refractivity contribution >= 4 is 0 Å². The van der Waals surface area contributed by atoms with Gasteiger partial charge >= 0.3 is 0 Å². The van der Waals surface area contributed by atoms with Crippen LogP contribution in [-0.4, -0.2) is 16.1 Å². The van der Waals surface area contributed by atoms with Crippen molar-refractivity contribution in [2.24, 2.45) is 0 Å². The van der Waals surface area contributed by atoms with Crippen LogP contribution in [-0.2, 0) is 13.1 Å². The van der Waals surface area contributed by atoms with E-state index >= 15 is 0 Å². The quantitative estimate of drug-likeness (QED) is 0.806. The third kappa shape index (κ3) is 3.53. The summed E-state index contributed by atoms with van der Waals surface area (Å²) in [5.74, 6) is 0. The van der Waals surface area contributed by atoms with Gasteiger partial charge in [0.2, 0.25) is 0 Å². The lowest BCUT2D eigenvalue weighted by molar-refractivity contribution is 0.584. The van der Waals surface area contributed by atoms with Crippen LogP contribution in [0.2, 0.25) is 0 Å². The number of hydrogen-bond acceptors (Lipinski definition) is 3. The molecule has 0 saturated carbocycles. The molecule has 0 aliphatic carbocycles. The lowest BCUT2D eigenvalue weighted by atomic mass is 10.2. The number of nitrogens with one attached hydrogen (secondary N) is 1. The Balaban J connectivity index is 1.78. The lowest BCUT2D eigenvalue weighted by Crippen LogP contribution is -2.25. The summed E-state index contributed by atoms with van der Waals surface area (Å²) in [6.45, 7) is 4.19. The maximum absolute atomic E-state index is 11.4. The molecule has 0 saturated heterocycles. The van der Waals surface area contributed by atoms with Crippen LogP contribution in [0.3, 0.4) is 0 Å². The highest BCUT2D eigenvalue weighted by atomic mass is 16.1. The second-order valence-corrected chi connectivity index (χ2v) is 4.22. The molecule has 94 valence electrons. The molecule has 0 atom stereocenters. The van der Waals surface area contributed by atoms with Gasteiger partial charge in [0, 0.05) is 43.8 Å². The van der Waals surface area contributed by atoms with Crippen LogP contribution in [0.5, 0.6) is 0 Å². The summed E-state index contributed by atoms with van der Waals surface area (Å²) in [6, 6.07) is 9.25. The summed E-state index contributed by atoms with van der Waals surface area (Å²) in [6.07, 6.45) is 3.68. The molecular weight excluding hydrogens is 226 g/mol. The van der Waals surface area contributed by atoms with E-state index in [1.54, 1.807) is 22.9 Å². The van der Waals surface area contributed by atoms with E-state index in [1.165, 1.54) is 0 Å².